The van der Waals surface area contributed by atoms with Crippen LogP contribution in [0.1, 0.15) is 15.9 Å². The standard InChI is InChI=1S/C20H13F3N2O4/c1-28-19(27)16-17(24)13-6-5-12(20(21,22)23)8-14(13)25(18(16)26)15-7-10-3-2-4-11(10)9-29-15/h2-9H,24H2,1H3. The Hall–Kier alpha value is -3.75. The fourth-order valence-corrected chi connectivity index (χ4v) is 3.20. The fourth-order valence-electron chi connectivity index (χ4n) is 3.20. The van der Waals surface area contributed by atoms with E-state index < -0.39 is 28.8 Å². The van der Waals surface area contributed by atoms with Gasteiger partial charge in [0.2, 0.25) is 5.88 Å². The van der Waals surface area contributed by atoms with Crippen LogP contribution in [0.15, 0.2) is 57.9 Å². The lowest BCUT2D eigenvalue weighted by atomic mass is 10.1. The number of aromatic nitrogens is 1. The highest BCUT2D eigenvalue weighted by Gasteiger charge is 2.32. The molecule has 0 fully saturated rings. The van der Waals surface area contributed by atoms with Gasteiger partial charge in [0, 0.05) is 17.0 Å². The molecule has 2 N–H and O–H groups in total. The van der Waals surface area contributed by atoms with Crippen molar-refractivity contribution in [3.63, 3.8) is 0 Å². The molecule has 2 heterocycles. The summed E-state index contributed by atoms with van der Waals surface area (Å²) >= 11 is 0. The molecule has 1 aromatic carbocycles. The van der Waals surface area contributed by atoms with Gasteiger partial charge in [-0.2, -0.15) is 13.2 Å². The number of nitrogens with zero attached hydrogens (tertiary/aromatic N) is 1. The van der Waals surface area contributed by atoms with Crippen molar-refractivity contribution in [1.82, 2.24) is 4.57 Å². The quantitative estimate of drug-likeness (QED) is 0.511. The minimum Gasteiger partial charge on any atom is -0.465 e. The van der Waals surface area contributed by atoms with Gasteiger partial charge in [-0.1, -0.05) is 24.3 Å². The van der Waals surface area contributed by atoms with Crippen LogP contribution in [0.4, 0.5) is 18.9 Å². The molecule has 0 amide bonds. The van der Waals surface area contributed by atoms with Crippen LogP contribution in [0.3, 0.4) is 0 Å². The maximum Gasteiger partial charge on any atom is 0.416 e. The number of carbonyl (C=O) groups excluding carboxylic acids is 1. The predicted octanol–water partition coefficient (Wildman–Crippen LogP) is 4.08. The Labute approximate surface area is 161 Å². The van der Waals surface area contributed by atoms with Gasteiger partial charge in [-0.05, 0) is 17.7 Å². The lowest BCUT2D eigenvalue weighted by molar-refractivity contribution is -0.137. The van der Waals surface area contributed by atoms with Crippen LogP contribution in [0.5, 0.6) is 0 Å². The molecular weight excluding hydrogens is 389 g/mol. The first kappa shape index (κ1) is 18.6. The first-order valence-corrected chi connectivity index (χ1v) is 8.33. The highest BCUT2D eigenvalue weighted by Crippen LogP contribution is 2.34. The summed E-state index contributed by atoms with van der Waals surface area (Å²) in [5.41, 5.74) is 4.57. The summed E-state index contributed by atoms with van der Waals surface area (Å²) in [5.74, 6) is -1.07. The van der Waals surface area contributed by atoms with E-state index in [1.54, 1.807) is 18.2 Å². The van der Waals surface area contributed by atoms with Crippen LogP contribution in [0.2, 0.25) is 0 Å². The van der Waals surface area contributed by atoms with Crippen molar-refractivity contribution >= 4 is 22.6 Å². The smallest absolute Gasteiger partial charge is 0.416 e. The lowest BCUT2D eigenvalue weighted by Gasteiger charge is -2.16. The number of fused-ring (bicyclic) bond motifs is 2. The molecule has 1 aliphatic carbocycles. The summed E-state index contributed by atoms with van der Waals surface area (Å²) in [4.78, 5) is 25.2. The maximum atomic E-state index is 13.3. The second kappa shape index (κ2) is 6.40. The minimum absolute atomic E-state index is 0.0665. The molecule has 2 aromatic rings. The molecule has 9 heteroatoms. The van der Waals surface area contributed by atoms with Gasteiger partial charge in [0.15, 0.2) is 0 Å². The summed E-state index contributed by atoms with van der Waals surface area (Å²) in [5, 5.41) is 0.0794. The van der Waals surface area contributed by atoms with Gasteiger partial charge in [0.05, 0.1) is 23.9 Å². The van der Waals surface area contributed by atoms with Crippen molar-refractivity contribution in [2.75, 3.05) is 12.8 Å². The number of halogens is 3. The molecule has 0 bridgehead atoms. The molecule has 0 saturated heterocycles. The molecule has 1 aromatic heterocycles. The number of hydrogen-bond acceptors (Lipinski definition) is 5. The molecule has 0 unspecified atom stereocenters. The second-order valence-electron chi connectivity index (χ2n) is 6.31. The number of benzene rings is 1. The number of rotatable bonds is 2. The Morgan fingerprint density at radius 1 is 1.14 bits per heavy atom. The molecule has 4 rings (SSSR count). The van der Waals surface area contributed by atoms with Gasteiger partial charge < -0.3 is 14.9 Å². The number of methoxy groups -OCH3 is 1. The van der Waals surface area contributed by atoms with E-state index in [0.717, 1.165) is 35.4 Å². The Kier molecular flexibility index (Phi) is 4.11. The Balaban J connectivity index is 2.16. The summed E-state index contributed by atoms with van der Waals surface area (Å²) in [6.07, 6.45) is -3.28. The Morgan fingerprint density at radius 2 is 1.86 bits per heavy atom. The summed E-state index contributed by atoms with van der Waals surface area (Å²) in [6.45, 7) is 0. The minimum atomic E-state index is -4.64. The van der Waals surface area contributed by atoms with Crippen molar-refractivity contribution in [3.8, 4) is 17.0 Å². The van der Waals surface area contributed by atoms with Crippen molar-refractivity contribution in [2.45, 2.75) is 6.18 Å². The van der Waals surface area contributed by atoms with Crippen LogP contribution < -0.4 is 11.3 Å². The number of nitrogen functional groups attached to an aromatic ring is 1. The summed E-state index contributed by atoms with van der Waals surface area (Å²) in [7, 11) is 1.07. The van der Waals surface area contributed by atoms with E-state index in [9.17, 15) is 22.8 Å². The number of esters is 1. The fraction of sp³-hybridized carbons (Fsp3) is 0.100. The largest absolute Gasteiger partial charge is 0.465 e. The number of ether oxygens (including phenoxy) is 1. The van der Waals surface area contributed by atoms with Crippen LogP contribution in [-0.2, 0) is 10.9 Å². The highest BCUT2D eigenvalue weighted by atomic mass is 19.4. The third kappa shape index (κ3) is 2.91. The topological polar surface area (TPSA) is 87.5 Å². The van der Waals surface area contributed by atoms with Crippen molar-refractivity contribution < 1.29 is 27.1 Å². The molecule has 0 saturated carbocycles. The zero-order valence-electron chi connectivity index (χ0n) is 14.9. The molecule has 0 radical (unpaired) electrons. The maximum absolute atomic E-state index is 13.3. The number of carbonyl (C=O) groups is 1. The van der Waals surface area contributed by atoms with Gasteiger partial charge in [-0.25, -0.2) is 9.36 Å². The van der Waals surface area contributed by atoms with Gasteiger partial charge in [0.1, 0.15) is 11.8 Å². The van der Waals surface area contributed by atoms with Gasteiger partial charge in [-0.15, -0.1) is 0 Å². The second-order valence-corrected chi connectivity index (χ2v) is 6.31. The van der Waals surface area contributed by atoms with Crippen LogP contribution in [-0.4, -0.2) is 17.6 Å². The van der Waals surface area contributed by atoms with E-state index in [1.165, 1.54) is 12.3 Å². The van der Waals surface area contributed by atoms with E-state index in [2.05, 4.69) is 4.74 Å². The van der Waals surface area contributed by atoms with Crippen molar-refractivity contribution in [3.05, 3.63) is 70.2 Å². The van der Waals surface area contributed by atoms with E-state index >= 15 is 0 Å². The molecule has 0 atom stereocenters. The SMILES string of the molecule is COC(=O)c1c(N)c2ccc(C(F)(F)F)cc2n(-c2cc3cccc-3co2)c1=O. The van der Waals surface area contributed by atoms with E-state index in [-0.39, 0.29) is 22.5 Å². The zero-order valence-corrected chi connectivity index (χ0v) is 14.9. The number of anilines is 1. The molecule has 148 valence electrons. The summed E-state index contributed by atoms with van der Waals surface area (Å²) in [6, 6.07) is 9.50. The van der Waals surface area contributed by atoms with Crippen LogP contribution >= 0.6 is 0 Å². The number of pyridine rings is 1. The van der Waals surface area contributed by atoms with E-state index in [0.29, 0.717) is 5.56 Å². The van der Waals surface area contributed by atoms with Gasteiger partial charge in [0.25, 0.3) is 5.56 Å². The van der Waals surface area contributed by atoms with Gasteiger partial charge >= 0.3 is 12.1 Å². The molecule has 1 aliphatic heterocycles. The predicted molar refractivity (Wildman–Crippen MR) is 99.2 cm³/mol. The average molecular weight is 402 g/mol. The van der Waals surface area contributed by atoms with Gasteiger partial charge in [-0.3, -0.25) is 4.79 Å². The highest BCUT2D eigenvalue weighted by molar-refractivity contribution is 6.04. The van der Waals surface area contributed by atoms with E-state index in [1.807, 2.05) is 0 Å². The van der Waals surface area contributed by atoms with E-state index in [4.69, 9.17) is 10.2 Å². The summed E-state index contributed by atoms with van der Waals surface area (Å²) < 4.78 is 50.8. The first-order valence-electron chi connectivity index (χ1n) is 8.33. The monoisotopic (exact) mass is 402 g/mol. The molecular formula is C20H13F3N2O4. The third-order valence-electron chi connectivity index (χ3n) is 4.62. The normalized spacial score (nSPS) is 11.9. The number of hydrogen-bond donors (Lipinski definition) is 1. The number of alkyl halides is 3. The van der Waals surface area contributed by atoms with Crippen LogP contribution in [0.25, 0.3) is 27.9 Å². The Morgan fingerprint density at radius 3 is 2.55 bits per heavy atom. The average Bonchev–Trinajstić information content (AvgIpc) is 3.14. The zero-order chi connectivity index (χ0) is 20.9. The lowest BCUT2D eigenvalue weighted by Crippen LogP contribution is -2.28. The van der Waals surface area contributed by atoms with Crippen molar-refractivity contribution in [1.29, 1.82) is 0 Å². The molecule has 0 spiro atoms. The molecule has 6 nitrogen and oxygen atoms in total. The van der Waals surface area contributed by atoms with Crippen LogP contribution in [0, 0.1) is 0 Å². The number of nitrogens with two attached hydrogens (primary N) is 1. The first-order chi connectivity index (χ1) is 13.7. The van der Waals surface area contributed by atoms with Crippen molar-refractivity contribution in [2.24, 2.45) is 0 Å². The Bertz CT molecular complexity index is 1290. The molecule has 29 heavy (non-hydrogen) atoms. The third-order valence-corrected chi connectivity index (χ3v) is 4.62. The molecule has 2 aliphatic rings.